The first-order chi connectivity index (χ1) is 15.7. The van der Waals surface area contributed by atoms with Crippen LogP contribution in [0.3, 0.4) is 0 Å². The number of anilines is 1. The third kappa shape index (κ3) is 6.19. The molecule has 0 radical (unpaired) electrons. The summed E-state index contributed by atoms with van der Waals surface area (Å²) >= 11 is 0. The summed E-state index contributed by atoms with van der Waals surface area (Å²) in [4.78, 5) is 30.1. The van der Waals surface area contributed by atoms with Gasteiger partial charge in [0, 0.05) is 57.3 Å². The van der Waals surface area contributed by atoms with Gasteiger partial charge >= 0.3 is 12.1 Å². The van der Waals surface area contributed by atoms with Crippen LogP contribution in [-0.2, 0) is 15.8 Å². The van der Waals surface area contributed by atoms with Gasteiger partial charge in [-0.15, -0.1) is 0 Å². The molecule has 1 aromatic carbocycles. The lowest BCUT2D eigenvalue weighted by Crippen LogP contribution is -2.49. The van der Waals surface area contributed by atoms with Crippen molar-refractivity contribution in [3.8, 4) is 0 Å². The van der Waals surface area contributed by atoms with Crippen molar-refractivity contribution in [3.63, 3.8) is 0 Å². The Kier molecular flexibility index (Phi) is 7.16. The van der Waals surface area contributed by atoms with E-state index in [9.17, 15) is 27.9 Å². The highest BCUT2D eigenvalue weighted by molar-refractivity contribution is 5.81. The lowest BCUT2D eigenvalue weighted by atomic mass is 9.81. The Morgan fingerprint density at radius 2 is 1.73 bits per heavy atom. The maximum atomic E-state index is 13.0. The van der Waals surface area contributed by atoms with E-state index in [-0.39, 0.29) is 30.1 Å². The average Bonchev–Trinajstić information content (AvgIpc) is 3.63. The Balaban J connectivity index is 1.30. The van der Waals surface area contributed by atoms with Gasteiger partial charge in [0.25, 0.3) is 0 Å². The summed E-state index contributed by atoms with van der Waals surface area (Å²) in [5, 5.41) is 9.31. The number of carbonyl (C=O) groups excluding carboxylic acids is 1. The van der Waals surface area contributed by atoms with E-state index < -0.39 is 17.7 Å². The fourth-order valence-electron chi connectivity index (χ4n) is 5.15. The second-order valence-electron chi connectivity index (χ2n) is 9.63. The Morgan fingerprint density at radius 3 is 2.36 bits per heavy atom. The zero-order chi connectivity index (χ0) is 23.6. The largest absolute Gasteiger partial charge is 0.481 e. The number of carboxylic acids is 1. The topological polar surface area (TPSA) is 64.1 Å². The molecular formula is C24H32F3N3O3. The normalized spacial score (nSPS) is 24.7. The van der Waals surface area contributed by atoms with E-state index in [1.807, 2.05) is 9.80 Å². The third-order valence-electron chi connectivity index (χ3n) is 7.29. The molecule has 9 heteroatoms. The molecule has 3 aliphatic rings. The van der Waals surface area contributed by atoms with Crippen LogP contribution < -0.4 is 4.90 Å². The van der Waals surface area contributed by atoms with E-state index in [0.717, 1.165) is 51.4 Å². The molecule has 0 spiro atoms. The third-order valence-corrected chi connectivity index (χ3v) is 7.29. The number of carbonyl (C=O) groups is 2. The maximum Gasteiger partial charge on any atom is 0.416 e. The van der Waals surface area contributed by atoms with Crippen molar-refractivity contribution in [1.82, 2.24) is 9.80 Å². The van der Waals surface area contributed by atoms with E-state index in [4.69, 9.17) is 0 Å². The summed E-state index contributed by atoms with van der Waals surface area (Å²) in [5.74, 6) is -0.146. The van der Waals surface area contributed by atoms with Gasteiger partial charge in [-0.25, -0.2) is 0 Å². The minimum Gasteiger partial charge on any atom is -0.481 e. The molecule has 1 saturated carbocycles. The van der Waals surface area contributed by atoms with Crippen LogP contribution in [0, 0.1) is 17.8 Å². The molecule has 6 nitrogen and oxygen atoms in total. The number of carboxylic acid groups (broad SMARTS) is 1. The van der Waals surface area contributed by atoms with E-state index in [1.165, 1.54) is 12.1 Å². The highest BCUT2D eigenvalue weighted by atomic mass is 19.4. The Labute approximate surface area is 192 Å². The molecule has 1 aliphatic carbocycles. The van der Waals surface area contributed by atoms with Crippen molar-refractivity contribution < 1.29 is 27.9 Å². The number of aliphatic carboxylic acids is 1. The SMILES string of the molecule is O=C(O)CC1CCN(C(=O)C2CC2)CC1CCN1CCN(c2cccc(C(F)(F)F)c2)CC1. The first-order valence-corrected chi connectivity index (χ1v) is 11.9. The van der Waals surface area contributed by atoms with Crippen molar-refractivity contribution in [2.75, 3.05) is 50.7 Å². The van der Waals surface area contributed by atoms with Crippen LogP contribution in [-0.4, -0.2) is 72.6 Å². The van der Waals surface area contributed by atoms with Crippen molar-refractivity contribution in [3.05, 3.63) is 29.8 Å². The molecule has 1 N–H and O–H groups in total. The van der Waals surface area contributed by atoms with Crippen LogP contribution in [0.1, 0.15) is 37.7 Å². The van der Waals surface area contributed by atoms with Gasteiger partial charge in [0.2, 0.25) is 5.91 Å². The van der Waals surface area contributed by atoms with Crippen molar-refractivity contribution in [1.29, 1.82) is 0 Å². The maximum absolute atomic E-state index is 13.0. The lowest BCUT2D eigenvalue weighted by molar-refractivity contribution is -0.140. The van der Waals surface area contributed by atoms with Gasteiger partial charge in [0.05, 0.1) is 5.56 Å². The zero-order valence-electron chi connectivity index (χ0n) is 18.8. The van der Waals surface area contributed by atoms with Crippen LogP contribution in [0.15, 0.2) is 24.3 Å². The molecule has 2 heterocycles. The van der Waals surface area contributed by atoms with Crippen molar-refractivity contribution in [2.24, 2.45) is 17.8 Å². The monoisotopic (exact) mass is 467 g/mol. The molecular weight excluding hydrogens is 435 g/mol. The summed E-state index contributed by atoms with van der Waals surface area (Å²) in [6.45, 7) is 4.89. The molecule has 1 aromatic rings. The molecule has 1 amide bonds. The fourth-order valence-corrected chi connectivity index (χ4v) is 5.15. The lowest BCUT2D eigenvalue weighted by Gasteiger charge is -2.40. The summed E-state index contributed by atoms with van der Waals surface area (Å²) in [6.07, 6.45) is -0.712. The number of piperazine rings is 1. The van der Waals surface area contributed by atoms with Gasteiger partial charge in [0.15, 0.2) is 0 Å². The number of likely N-dealkylation sites (tertiary alicyclic amines) is 1. The smallest absolute Gasteiger partial charge is 0.416 e. The second kappa shape index (κ2) is 9.91. The number of alkyl halides is 3. The molecule has 2 saturated heterocycles. The predicted molar refractivity (Wildman–Crippen MR) is 118 cm³/mol. The number of piperidine rings is 1. The molecule has 3 fully saturated rings. The van der Waals surface area contributed by atoms with E-state index in [1.54, 1.807) is 6.07 Å². The Bertz CT molecular complexity index is 851. The number of benzene rings is 1. The van der Waals surface area contributed by atoms with Crippen molar-refractivity contribution in [2.45, 2.75) is 38.3 Å². The molecule has 0 aromatic heterocycles. The van der Waals surface area contributed by atoms with Gasteiger partial charge in [0.1, 0.15) is 0 Å². The standard InChI is InChI=1S/C24H32F3N3O3/c25-24(26,27)20-2-1-3-21(15-20)29-12-10-28(11-13-29)8-6-19-16-30(23(33)17-4-5-17)9-7-18(19)14-22(31)32/h1-3,15,17-19H,4-14,16H2,(H,31,32). The number of hydrogen-bond acceptors (Lipinski definition) is 4. The number of nitrogens with zero attached hydrogens (tertiary/aromatic N) is 3. The highest BCUT2D eigenvalue weighted by Crippen LogP contribution is 2.36. The fraction of sp³-hybridized carbons (Fsp3) is 0.667. The van der Waals surface area contributed by atoms with E-state index in [0.29, 0.717) is 31.9 Å². The molecule has 4 rings (SSSR count). The number of rotatable bonds is 7. The summed E-state index contributed by atoms with van der Waals surface area (Å²) in [7, 11) is 0. The summed E-state index contributed by atoms with van der Waals surface area (Å²) < 4.78 is 39.1. The Hall–Kier alpha value is -2.29. The molecule has 2 unspecified atom stereocenters. The molecule has 2 aliphatic heterocycles. The molecule has 182 valence electrons. The summed E-state index contributed by atoms with van der Waals surface area (Å²) in [6, 6.07) is 5.47. The van der Waals surface area contributed by atoms with Gasteiger partial charge < -0.3 is 14.9 Å². The number of amides is 1. The van der Waals surface area contributed by atoms with Crippen LogP contribution >= 0.6 is 0 Å². The van der Waals surface area contributed by atoms with Crippen LogP contribution in [0.5, 0.6) is 0 Å². The van der Waals surface area contributed by atoms with E-state index in [2.05, 4.69) is 4.90 Å². The van der Waals surface area contributed by atoms with Crippen molar-refractivity contribution >= 4 is 17.6 Å². The van der Waals surface area contributed by atoms with Gasteiger partial charge in [-0.3, -0.25) is 14.5 Å². The number of hydrogen-bond donors (Lipinski definition) is 1. The van der Waals surface area contributed by atoms with E-state index >= 15 is 0 Å². The quantitative estimate of drug-likeness (QED) is 0.664. The minimum atomic E-state index is -4.35. The average molecular weight is 468 g/mol. The Morgan fingerprint density at radius 1 is 1.00 bits per heavy atom. The van der Waals surface area contributed by atoms with Gasteiger partial charge in [-0.05, 0) is 62.3 Å². The highest BCUT2D eigenvalue weighted by Gasteiger charge is 2.38. The summed E-state index contributed by atoms with van der Waals surface area (Å²) in [5.41, 5.74) is -0.0398. The second-order valence-corrected chi connectivity index (χ2v) is 9.63. The number of halogens is 3. The first kappa shape index (κ1) is 23.9. The first-order valence-electron chi connectivity index (χ1n) is 11.9. The van der Waals surface area contributed by atoms with Crippen LogP contribution in [0.4, 0.5) is 18.9 Å². The molecule has 33 heavy (non-hydrogen) atoms. The van der Waals surface area contributed by atoms with Gasteiger partial charge in [-0.1, -0.05) is 6.07 Å². The van der Waals surface area contributed by atoms with Crippen LogP contribution in [0.25, 0.3) is 0 Å². The van der Waals surface area contributed by atoms with Crippen LogP contribution in [0.2, 0.25) is 0 Å². The van der Waals surface area contributed by atoms with Gasteiger partial charge in [-0.2, -0.15) is 13.2 Å². The molecule has 0 bridgehead atoms. The minimum absolute atomic E-state index is 0.0807. The zero-order valence-corrected chi connectivity index (χ0v) is 18.8. The predicted octanol–water partition coefficient (Wildman–Crippen LogP) is 3.57. The molecule has 2 atom stereocenters.